The number of benzene rings is 1. The number of carbonyl (C=O) groups is 1. The number of amides is 1. The van der Waals surface area contributed by atoms with Crippen molar-refractivity contribution < 1.29 is 4.79 Å². The molecule has 1 heterocycles. The van der Waals surface area contributed by atoms with Gasteiger partial charge in [0.1, 0.15) is 5.69 Å². The Bertz CT molecular complexity index is 574. The number of rotatable bonds is 5. The van der Waals surface area contributed by atoms with Crippen LogP contribution in [-0.4, -0.2) is 36.1 Å². The van der Waals surface area contributed by atoms with Crippen molar-refractivity contribution in [3.8, 4) is 0 Å². The average Bonchev–Trinajstić information content (AvgIpc) is 2.88. The van der Waals surface area contributed by atoms with Gasteiger partial charge in [-0.05, 0) is 24.3 Å². The lowest BCUT2D eigenvalue weighted by molar-refractivity contribution is 0.102. The molecule has 0 aliphatic rings. The van der Waals surface area contributed by atoms with Crippen LogP contribution >= 0.6 is 0 Å². The van der Waals surface area contributed by atoms with Crippen LogP contribution in [0, 0.1) is 0 Å². The van der Waals surface area contributed by atoms with Gasteiger partial charge in [-0.3, -0.25) is 4.79 Å². The Morgan fingerprint density at radius 2 is 2.05 bits per heavy atom. The molecule has 0 aliphatic heterocycles. The van der Waals surface area contributed by atoms with Gasteiger partial charge >= 0.3 is 0 Å². The summed E-state index contributed by atoms with van der Waals surface area (Å²) < 4.78 is 1.80. The lowest BCUT2D eigenvalue weighted by Gasteiger charge is -2.12. The topological polar surface area (TPSA) is 76.2 Å². The molecule has 0 saturated carbocycles. The van der Waals surface area contributed by atoms with E-state index in [9.17, 15) is 4.79 Å². The highest BCUT2D eigenvalue weighted by Gasteiger charge is 2.09. The molecule has 106 valence electrons. The lowest BCUT2D eigenvalue weighted by atomic mass is 10.2. The fourth-order valence-electron chi connectivity index (χ4n) is 1.79. The normalized spacial score (nSPS) is 10.3. The van der Waals surface area contributed by atoms with Gasteiger partial charge in [0.2, 0.25) is 0 Å². The number of nitrogens with zero attached hydrogens (tertiary/aromatic N) is 3. The Morgan fingerprint density at radius 1 is 1.35 bits per heavy atom. The standard InChI is InChI=1S/C14H19N5O/c1-18(2)12-5-3-11(4-6-12)17-14(20)13-9-19(8-7-15)10-16-13/h3-6,9-10H,7-8,15H2,1-2H3,(H,17,20). The molecule has 1 amide bonds. The number of imidazole rings is 1. The summed E-state index contributed by atoms with van der Waals surface area (Å²) in [6.45, 7) is 1.17. The zero-order valence-corrected chi connectivity index (χ0v) is 11.7. The molecule has 2 rings (SSSR count). The molecular formula is C14H19N5O. The molecule has 6 nitrogen and oxygen atoms in total. The van der Waals surface area contributed by atoms with Gasteiger partial charge in [-0.15, -0.1) is 0 Å². The molecule has 0 atom stereocenters. The highest BCUT2D eigenvalue weighted by Crippen LogP contribution is 2.16. The third kappa shape index (κ3) is 3.36. The van der Waals surface area contributed by atoms with Crippen LogP contribution in [0.25, 0.3) is 0 Å². The Labute approximate surface area is 118 Å². The van der Waals surface area contributed by atoms with E-state index < -0.39 is 0 Å². The van der Waals surface area contributed by atoms with Crippen molar-refractivity contribution in [3.63, 3.8) is 0 Å². The quantitative estimate of drug-likeness (QED) is 0.857. The summed E-state index contributed by atoms with van der Waals surface area (Å²) in [5, 5.41) is 2.82. The van der Waals surface area contributed by atoms with Crippen molar-refractivity contribution in [1.29, 1.82) is 0 Å². The minimum atomic E-state index is -0.224. The van der Waals surface area contributed by atoms with Crippen molar-refractivity contribution in [1.82, 2.24) is 9.55 Å². The summed E-state index contributed by atoms with van der Waals surface area (Å²) in [5.74, 6) is -0.224. The first-order valence-electron chi connectivity index (χ1n) is 6.40. The predicted molar refractivity (Wildman–Crippen MR) is 80.0 cm³/mol. The van der Waals surface area contributed by atoms with E-state index in [0.29, 0.717) is 18.8 Å². The van der Waals surface area contributed by atoms with Crippen molar-refractivity contribution >= 4 is 17.3 Å². The second-order valence-corrected chi connectivity index (χ2v) is 4.68. The Kier molecular flexibility index (Phi) is 4.37. The minimum Gasteiger partial charge on any atom is -0.378 e. The molecule has 6 heteroatoms. The molecule has 0 saturated heterocycles. The van der Waals surface area contributed by atoms with Crippen LogP contribution in [0.15, 0.2) is 36.8 Å². The van der Waals surface area contributed by atoms with Crippen molar-refractivity contribution in [2.45, 2.75) is 6.54 Å². The van der Waals surface area contributed by atoms with E-state index in [1.807, 2.05) is 43.3 Å². The van der Waals surface area contributed by atoms with E-state index in [-0.39, 0.29) is 5.91 Å². The van der Waals surface area contributed by atoms with Gasteiger partial charge in [0.05, 0.1) is 6.33 Å². The predicted octanol–water partition coefficient (Wildman–Crippen LogP) is 1.16. The highest BCUT2D eigenvalue weighted by molar-refractivity contribution is 6.02. The van der Waals surface area contributed by atoms with Crippen LogP contribution in [0.1, 0.15) is 10.5 Å². The van der Waals surface area contributed by atoms with Gasteiger partial charge in [0, 0.05) is 44.8 Å². The number of anilines is 2. The summed E-state index contributed by atoms with van der Waals surface area (Å²) in [6.07, 6.45) is 3.30. The average molecular weight is 273 g/mol. The van der Waals surface area contributed by atoms with E-state index in [0.717, 1.165) is 11.4 Å². The fourth-order valence-corrected chi connectivity index (χ4v) is 1.79. The minimum absolute atomic E-state index is 0.224. The van der Waals surface area contributed by atoms with Gasteiger partial charge in [-0.25, -0.2) is 4.98 Å². The second-order valence-electron chi connectivity index (χ2n) is 4.68. The van der Waals surface area contributed by atoms with E-state index in [4.69, 9.17) is 5.73 Å². The van der Waals surface area contributed by atoms with Crippen LogP contribution in [0.5, 0.6) is 0 Å². The van der Waals surface area contributed by atoms with Gasteiger partial charge in [0.25, 0.3) is 5.91 Å². The third-order valence-electron chi connectivity index (χ3n) is 2.89. The molecule has 0 bridgehead atoms. The van der Waals surface area contributed by atoms with Crippen molar-refractivity contribution in [3.05, 3.63) is 42.5 Å². The third-order valence-corrected chi connectivity index (χ3v) is 2.89. The summed E-state index contributed by atoms with van der Waals surface area (Å²) >= 11 is 0. The van der Waals surface area contributed by atoms with Crippen molar-refractivity contribution in [2.24, 2.45) is 5.73 Å². The summed E-state index contributed by atoms with van der Waals surface area (Å²) in [5.41, 5.74) is 7.66. The number of hydrogen-bond donors (Lipinski definition) is 2. The summed E-state index contributed by atoms with van der Waals surface area (Å²) in [6, 6.07) is 7.62. The number of nitrogens with one attached hydrogen (secondary N) is 1. The number of aromatic nitrogens is 2. The molecule has 2 aromatic rings. The fraction of sp³-hybridized carbons (Fsp3) is 0.286. The Morgan fingerprint density at radius 3 is 2.65 bits per heavy atom. The van der Waals surface area contributed by atoms with Crippen molar-refractivity contribution in [2.75, 3.05) is 30.9 Å². The molecule has 1 aromatic heterocycles. The molecular weight excluding hydrogens is 254 g/mol. The summed E-state index contributed by atoms with van der Waals surface area (Å²) in [4.78, 5) is 18.1. The first kappa shape index (κ1) is 14.1. The van der Waals surface area contributed by atoms with Crippen LogP contribution in [0.2, 0.25) is 0 Å². The van der Waals surface area contributed by atoms with Gasteiger partial charge in [-0.2, -0.15) is 0 Å². The van der Waals surface area contributed by atoms with Crippen LogP contribution in [0.4, 0.5) is 11.4 Å². The van der Waals surface area contributed by atoms with Gasteiger partial charge in [0.15, 0.2) is 0 Å². The Hall–Kier alpha value is -2.34. The molecule has 0 spiro atoms. The van der Waals surface area contributed by atoms with Crippen LogP contribution in [-0.2, 0) is 6.54 Å². The van der Waals surface area contributed by atoms with Gasteiger partial charge < -0.3 is 20.5 Å². The number of hydrogen-bond acceptors (Lipinski definition) is 4. The molecule has 3 N–H and O–H groups in total. The molecule has 1 aromatic carbocycles. The van der Waals surface area contributed by atoms with E-state index >= 15 is 0 Å². The largest absolute Gasteiger partial charge is 0.378 e. The first-order valence-corrected chi connectivity index (χ1v) is 6.40. The molecule has 0 radical (unpaired) electrons. The molecule has 0 fully saturated rings. The number of carbonyl (C=O) groups excluding carboxylic acids is 1. The van der Waals surface area contributed by atoms with Crippen LogP contribution in [0.3, 0.4) is 0 Å². The van der Waals surface area contributed by atoms with E-state index in [2.05, 4.69) is 10.3 Å². The first-order chi connectivity index (χ1) is 9.60. The summed E-state index contributed by atoms with van der Waals surface area (Å²) in [7, 11) is 3.94. The molecule has 0 aliphatic carbocycles. The molecule has 20 heavy (non-hydrogen) atoms. The van der Waals surface area contributed by atoms with Gasteiger partial charge in [-0.1, -0.05) is 0 Å². The maximum Gasteiger partial charge on any atom is 0.275 e. The SMILES string of the molecule is CN(C)c1ccc(NC(=O)c2cn(CCN)cn2)cc1. The second kappa shape index (κ2) is 6.21. The highest BCUT2D eigenvalue weighted by atomic mass is 16.1. The Balaban J connectivity index is 2.03. The molecule has 0 unspecified atom stereocenters. The monoisotopic (exact) mass is 273 g/mol. The van der Waals surface area contributed by atoms with E-state index in [1.165, 1.54) is 0 Å². The smallest absolute Gasteiger partial charge is 0.275 e. The lowest BCUT2D eigenvalue weighted by Crippen LogP contribution is -2.13. The van der Waals surface area contributed by atoms with Crippen LogP contribution < -0.4 is 16.0 Å². The maximum absolute atomic E-state index is 12.0. The maximum atomic E-state index is 12.0. The zero-order chi connectivity index (χ0) is 14.5. The number of nitrogens with two attached hydrogens (primary N) is 1. The van der Waals surface area contributed by atoms with E-state index in [1.54, 1.807) is 17.1 Å². The zero-order valence-electron chi connectivity index (χ0n) is 11.7.